The third-order valence-corrected chi connectivity index (χ3v) is 4.53. The van der Waals surface area contributed by atoms with Crippen molar-refractivity contribution in [1.29, 1.82) is 0 Å². The summed E-state index contributed by atoms with van der Waals surface area (Å²) >= 11 is 0. The molecule has 0 bridgehead atoms. The lowest BCUT2D eigenvalue weighted by atomic mass is 10.1. The van der Waals surface area contributed by atoms with E-state index in [1.54, 1.807) is 12.0 Å². The number of aryl methyl sites for hydroxylation is 1. The molecule has 5 nitrogen and oxygen atoms in total. The molecule has 3 rings (SSSR count). The number of anilines is 2. The number of nitrogens with zero attached hydrogens (tertiary/aromatic N) is 1. The molecule has 0 radical (unpaired) electrons. The number of carbonyl (C=O) groups excluding carboxylic acids is 2. The summed E-state index contributed by atoms with van der Waals surface area (Å²) in [6.07, 6.45) is 1.05. The van der Waals surface area contributed by atoms with E-state index in [1.807, 2.05) is 55.5 Å². The molecule has 1 unspecified atom stereocenters. The molecule has 1 N–H and O–H groups in total. The maximum absolute atomic E-state index is 12.6. The molecular formula is C20H22N2O3. The fourth-order valence-electron chi connectivity index (χ4n) is 3.15. The molecule has 2 aromatic rings. The number of benzene rings is 2. The third kappa shape index (κ3) is 3.50. The van der Waals surface area contributed by atoms with Crippen LogP contribution < -0.4 is 15.0 Å². The molecule has 130 valence electrons. The van der Waals surface area contributed by atoms with Gasteiger partial charge in [0.25, 0.3) is 0 Å². The second-order valence-corrected chi connectivity index (χ2v) is 6.08. The van der Waals surface area contributed by atoms with Crippen LogP contribution in [0.5, 0.6) is 5.75 Å². The van der Waals surface area contributed by atoms with Crippen LogP contribution in [0.3, 0.4) is 0 Å². The van der Waals surface area contributed by atoms with Crippen molar-refractivity contribution >= 4 is 23.2 Å². The highest BCUT2D eigenvalue weighted by atomic mass is 16.5. The van der Waals surface area contributed by atoms with Crippen LogP contribution in [-0.4, -0.2) is 25.5 Å². The molecule has 1 aliphatic rings. The fraction of sp³-hybridized carbons (Fsp3) is 0.300. The van der Waals surface area contributed by atoms with Crippen LogP contribution in [0.25, 0.3) is 0 Å². The molecule has 0 saturated carbocycles. The smallest absolute Gasteiger partial charge is 0.229 e. The first kappa shape index (κ1) is 17.0. The van der Waals surface area contributed by atoms with E-state index < -0.39 is 0 Å². The monoisotopic (exact) mass is 338 g/mol. The molecule has 1 atom stereocenters. The lowest BCUT2D eigenvalue weighted by Gasteiger charge is -2.19. The molecule has 1 heterocycles. The summed E-state index contributed by atoms with van der Waals surface area (Å²) < 4.78 is 5.33. The number of nitrogens with one attached hydrogen (secondary N) is 1. The largest absolute Gasteiger partial charge is 0.495 e. The Kier molecular flexibility index (Phi) is 5.03. The molecule has 25 heavy (non-hydrogen) atoms. The Hall–Kier alpha value is -2.82. The number of methoxy groups -OCH3 is 1. The quantitative estimate of drug-likeness (QED) is 0.910. The van der Waals surface area contributed by atoms with Crippen LogP contribution in [0.1, 0.15) is 18.9 Å². The molecule has 5 heteroatoms. The van der Waals surface area contributed by atoms with Crippen molar-refractivity contribution in [2.75, 3.05) is 23.9 Å². The van der Waals surface area contributed by atoms with E-state index >= 15 is 0 Å². The van der Waals surface area contributed by atoms with E-state index in [-0.39, 0.29) is 24.2 Å². The summed E-state index contributed by atoms with van der Waals surface area (Å²) in [6, 6.07) is 15.1. The van der Waals surface area contributed by atoms with Gasteiger partial charge in [-0.3, -0.25) is 9.59 Å². The first-order valence-electron chi connectivity index (χ1n) is 8.46. The number of rotatable bonds is 5. The minimum Gasteiger partial charge on any atom is -0.495 e. The first-order valence-corrected chi connectivity index (χ1v) is 8.46. The van der Waals surface area contributed by atoms with Crippen molar-refractivity contribution < 1.29 is 14.3 Å². The highest BCUT2D eigenvalue weighted by Crippen LogP contribution is 2.33. The zero-order valence-corrected chi connectivity index (χ0v) is 14.5. The summed E-state index contributed by atoms with van der Waals surface area (Å²) in [5.41, 5.74) is 2.61. The minimum absolute atomic E-state index is 0.0616. The van der Waals surface area contributed by atoms with Gasteiger partial charge in [0.2, 0.25) is 11.8 Å². The van der Waals surface area contributed by atoms with Gasteiger partial charge in [-0.2, -0.15) is 0 Å². The Balaban J connectivity index is 1.75. The van der Waals surface area contributed by atoms with Gasteiger partial charge in [0, 0.05) is 18.7 Å². The fourth-order valence-corrected chi connectivity index (χ4v) is 3.15. The van der Waals surface area contributed by atoms with E-state index in [1.165, 1.54) is 0 Å². The summed E-state index contributed by atoms with van der Waals surface area (Å²) in [4.78, 5) is 26.7. The molecule has 0 aromatic heterocycles. The van der Waals surface area contributed by atoms with Crippen molar-refractivity contribution in [2.24, 2.45) is 5.92 Å². The Morgan fingerprint density at radius 3 is 2.68 bits per heavy atom. The summed E-state index contributed by atoms with van der Waals surface area (Å²) in [6.45, 7) is 2.41. The van der Waals surface area contributed by atoms with Crippen molar-refractivity contribution in [3.05, 3.63) is 54.1 Å². The van der Waals surface area contributed by atoms with E-state index in [0.717, 1.165) is 17.7 Å². The summed E-state index contributed by atoms with van der Waals surface area (Å²) in [5, 5.41) is 2.98. The molecule has 0 spiro atoms. The molecule has 0 aliphatic carbocycles. The Labute approximate surface area is 147 Å². The molecule has 1 fully saturated rings. The highest BCUT2D eigenvalue weighted by molar-refractivity contribution is 6.04. The summed E-state index contributed by atoms with van der Waals surface area (Å²) in [7, 11) is 1.57. The summed E-state index contributed by atoms with van der Waals surface area (Å²) in [5.74, 6) is 0.0793. The third-order valence-electron chi connectivity index (χ3n) is 4.53. The standard InChI is InChI=1S/C20H22N2O3/c1-3-14-8-4-5-9-16(14)21-20(24)15-12-19(23)22(13-15)17-10-6-7-11-18(17)25-2/h4-11,15H,3,12-13H2,1-2H3,(H,21,24). The van der Waals surface area contributed by atoms with E-state index in [4.69, 9.17) is 4.74 Å². The molecule has 1 aliphatic heterocycles. The number of amides is 2. The normalized spacial score (nSPS) is 16.8. The van der Waals surface area contributed by atoms with Gasteiger partial charge in [-0.25, -0.2) is 0 Å². The van der Waals surface area contributed by atoms with Crippen molar-refractivity contribution in [3.63, 3.8) is 0 Å². The van der Waals surface area contributed by atoms with E-state index in [0.29, 0.717) is 18.0 Å². The van der Waals surface area contributed by atoms with Gasteiger partial charge in [-0.05, 0) is 30.2 Å². The molecule has 2 amide bonds. The average Bonchev–Trinajstić information content (AvgIpc) is 3.03. The van der Waals surface area contributed by atoms with Gasteiger partial charge in [-0.15, -0.1) is 0 Å². The topological polar surface area (TPSA) is 58.6 Å². The van der Waals surface area contributed by atoms with Crippen molar-refractivity contribution in [2.45, 2.75) is 19.8 Å². The number of hydrogen-bond donors (Lipinski definition) is 1. The highest BCUT2D eigenvalue weighted by Gasteiger charge is 2.36. The lowest BCUT2D eigenvalue weighted by molar-refractivity contribution is -0.122. The first-order chi connectivity index (χ1) is 12.1. The zero-order valence-electron chi connectivity index (χ0n) is 14.5. The lowest BCUT2D eigenvalue weighted by Crippen LogP contribution is -2.28. The van der Waals surface area contributed by atoms with Gasteiger partial charge < -0.3 is 15.0 Å². The SMILES string of the molecule is CCc1ccccc1NC(=O)C1CC(=O)N(c2ccccc2OC)C1. The molecule has 1 saturated heterocycles. The van der Waals surface area contributed by atoms with Crippen molar-refractivity contribution in [3.8, 4) is 5.75 Å². The number of carbonyl (C=O) groups is 2. The Bertz CT molecular complexity index is 788. The van der Waals surface area contributed by atoms with Crippen LogP contribution in [0.15, 0.2) is 48.5 Å². The number of hydrogen-bond acceptors (Lipinski definition) is 3. The average molecular weight is 338 g/mol. The van der Waals surface area contributed by atoms with Gasteiger partial charge in [0.15, 0.2) is 0 Å². The zero-order chi connectivity index (χ0) is 17.8. The van der Waals surface area contributed by atoms with Gasteiger partial charge in [0.1, 0.15) is 5.75 Å². The van der Waals surface area contributed by atoms with Crippen LogP contribution in [0.4, 0.5) is 11.4 Å². The maximum Gasteiger partial charge on any atom is 0.229 e. The predicted molar refractivity (Wildman–Crippen MR) is 97.9 cm³/mol. The van der Waals surface area contributed by atoms with Gasteiger partial charge in [0.05, 0.1) is 18.7 Å². The Morgan fingerprint density at radius 2 is 1.92 bits per heavy atom. The van der Waals surface area contributed by atoms with Crippen LogP contribution in [-0.2, 0) is 16.0 Å². The van der Waals surface area contributed by atoms with Gasteiger partial charge in [-0.1, -0.05) is 37.3 Å². The minimum atomic E-state index is -0.373. The Morgan fingerprint density at radius 1 is 1.20 bits per heavy atom. The second kappa shape index (κ2) is 7.38. The second-order valence-electron chi connectivity index (χ2n) is 6.08. The molecule has 2 aromatic carbocycles. The van der Waals surface area contributed by atoms with E-state index in [9.17, 15) is 9.59 Å². The maximum atomic E-state index is 12.6. The molecular weight excluding hydrogens is 316 g/mol. The van der Waals surface area contributed by atoms with Crippen LogP contribution in [0, 0.1) is 5.92 Å². The number of ether oxygens (including phenoxy) is 1. The van der Waals surface area contributed by atoms with Gasteiger partial charge >= 0.3 is 0 Å². The van der Waals surface area contributed by atoms with Crippen LogP contribution >= 0.6 is 0 Å². The predicted octanol–water partition coefficient (Wildman–Crippen LogP) is 3.25. The number of para-hydroxylation sites is 3. The van der Waals surface area contributed by atoms with E-state index in [2.05, 4.69) is 5.32 Å². The van der Waals surface area contributed by atoms with Crippen molar-refractivity contribution in [1.82, 2.24) is 0 Å². The van der Waals surface area contributed by atoms with Crippen LogP contribution in [0.2, 0.25) is 0 Å².